The lowest BCUT2D eigenvalue weighted by atomic mass is 10.2. The van der Waals surface area contributed by atoms with E-state index in [0.717, 1.165) is 0 Å². The topological polar surface area (TPSA) is 79.9 Å². The van der Waals surface area contributed by atoms with Crippen molar-refractivity contribution < 1.29 is 9.53 Å². The molecule has 0 aliphatic heterocycles. The molecule has 0 atom stereocenters. The van der Waals surface area contributed by atoms with Gasteiger partial charge in [-0.05, 0) is 26.0 Å². The van der Waals surface area contributed by atoms with E-state index in [2.05, 4.69) is 20.5 Å². The van der Waals surface area contributed by atoms with E-state index in [0.29, 0.717) is 29.4 Å². The number of hydrogen-bond acceptors (Lipinski definition) is 4. The summed E-state index contributed by atoms with van der Waals surface area (Å²) in [4.78, 5) is 16.1. The third-order valence-corrected chi connectivity index (χ3v) is 2.37. The van der Waals surface area contributed by atoms with E-state index in [1.165, 1.54) is 6.20 Å². The molecule has 2 heterocycles. The van der Waals surface area contributed by atoms with Crippen LogP contribution in [0.4, 0.5) is 5.69 Å². The van der Waals surface area contributed by atoms with Crippen LogP contribution in [0, 0.1) is 6.92 Å². The molecule has 94 valence electrons. The molecule has 0 aliphatic rings. The van der Waals surface area contributed by atoms with Gasteiger partial charge in [0.2, 0.25) is 5.88 Å². The van der Waals surface area contributed by atoms with E-state index in [4.69, 9.17) is 4.74 Å². The van der Waals surface area contributed by atoms with Crippen LogP contribution in [0.3, 0.4) is 0 Å². The van der Waals surface area contributed by atoms with Gasteiger partial charge in [-0.1, -0.05) is 0 Å². The Bertz CT molecular complexity index is 551. The molecule has 6 heteroatoms. The molecule has 0 saturated heterocycles. The number of aromatic amines is 1. The van der Waals surface area contributed by atoms with E-state index in [9.17, 15) is 4.79 Å². The Hall–Kier alpha value is -2.37. The number of H-pyrrole nitrogens is 1. The van der Waals surface area contributed by atoms with Gasteiger partial charge in [-0.3, -0.25) is 9.89 Å². The van der Waals surface area contributed by atoms with Gasteiger partial charge in [0.15, 0.2) is 0 Å². The Kier molecular flexibility index (Phi) is 3.57. The zero-order valence-corrected chi connectivity index (χ0v) is 10.2. The molecule has 0 fully saturated rings. The third-order valence-electron chi connectivity index (χ3n) is 2.37. The van der Waals surface area contributed by atoms with Crippen LogP contribution in [0.1, 0.15) is 23.0 Å². The van der Waals surface area contributed by atoms with Crippen LogP contribution >= 0.6 is 0 Å². The van der Waals surface area contributed by atoms with Crippen molar-refractivity contribution in [2.45, 2.75) is 13.8 Å². The van der Waals surface area contributed by atoms with Gasteiger partial charge in [0.1, 0.15) is 5.69 Å². The molecule has 2 aromatic heterocycles. The number of ether oxygens (including phenoxy) is 1. The highest BCUT2D eigenvalue weighted by Gasteiger charge is 2.13. The second kappa shape index (κ2) is 5.31. The lowest BCUT2D eigenvalue weighted by molar-refractivity contribution is 0.102. The zero-order valence-electron chi connectivity index (χ0n) is 10.2. The predicted molar refractivity (Wildman–Crippen MR) is 66.7 cm³/mol. The van der Waals surface area contributed by atoms with Crippen molar-refractivity contribution in [2.75, 3.05) is 11.9 Å². The van der Waals surface area contributed by atoms with E-state index in [1.807, 2.05) is 6.92 Å². The Balaban J connectivity index is 2.19. The molecule has 1 amide bonds. The second-order valence-corrected chi connectivity index (χ2v) is 3.65. The molecule has 6 nitrogen and oxygen atoms in total. The number of nitrogens with one attached hydrogen (secondary N) is 2. The first kappa shape index (κ1) is 12.1. The molecule has 18 heavy (non-hydrogen) atoms. The molecule has 0 spiro atoms. The maximum atomic E-state index is 12.0. The van der Waals surface area contributed by atoms with Crippen molar-refractivity contribution in [1.82, 2.24) is 15.2 Å². The quantitative estimate of drug-likeness (QED) is 0.861. The standard InChI is InChI=1S/C12H14N4O2/c1-3-18-12-10(5-4-6-13-12)15-11(17)9-7-14-16-8(9)2/h4-7H,3H2,1-2H3,(H,14,16)(H,15,17). The van der Waals surface area contributed by atoms with E-state index in [-0.39, 0.29) is 5.91 Å². The Morgan fingerprint density at radius 2 is 2.39 bits per heavy atom. The second-order valence-electron chi connectivity index (χ2n) is 3.65. The highest BCUT2D eigenvalue weighted by molar-refractivity contribution is 6.05. The number of pyridine rings is 1. The first-order valence-corrected chi connectivity index (χ1v) is 5.61. The fraction of sp³-hybridized carbons (Fsp3) is 0.250. The summed E-state index contributed by atoms with van der Waals surface area (Å²) in [6.07, 6.45) is 3.10. The summed E-state index contributed by atoms with van der Waals surface area (Å²) in [7, 11) is 0. The summed E-state index contributed by atoms with van der Waals surface area (Å²) in [5, 5.41) is 9.28. The van der Waals surface area contributed by atoms with Crippen molar-refractivity contribution in [3.63, 3.8) is 0 Å². The molecule has 0 aromatic carbocycles. The van der Waals surface area contributed by atoms with Gasteiger partial charge in [0, 0.05) is 11.9 Å². The summed E-state index contributed by atoms with van der Waals surface area (Å²) < 4.78 is 5.34. The smallest absolute Gasteiger partial charge is 0.259 e. The fourth-order valence-electron chi connectivity index (χ4n) is 1.51. The molecule has 0 unspecified atom stereocenters. The predicted octanol–water partition coefficient (Wildman–Crippen LogP) is 1.76. The molecule has 0 saturated carbocycles. The molecule has 0 bridgehead atoms. The van der Waals surface area contributed by atoms with Gasteiger partial charge in [0.25, 0.3) is 5.91 Å². The molecule has 2 N–H and O–H groups in total. The monoisotopic (exact) mass is 246 g/mol. The molecule has 0 radical (unpaired) electrons. The maximum Gasteiger partial charge on any atom is 0.259 e. The number of nitrogens with zero attached hydrogens (tertiary/aromatic N) is 2. The average molecular weight is 246 g/mol. The Morgan fingerprint density at radius 3 is 3.06 bits per heavy atom. The summed E-state index contributed by atoms with van der Waals surface area (Å²) >= 11 is 0. The van der Waals surface area contributed by atoms with Gasteiger partial charge >= 0.3 is 0 Å². The van der Waals surface area contributed by atoms with Gasteiger partial charge in [-0.25, -0.2) is 4.98 Å². The highest BCUT2D eigenvalue weighted by atomic mass is 16.5. The zero-order chi connectivity index (χ0) is 13.0. The van der Waals surface area contributed by atoms with Gasteiger partial charge in [0.05, 0.1) is 18.4 Å². The first-order valence-electron chi connectivity index (χ1n) is 5.61. The van der Waals surface area contributed by atoms with Gasteiger partial charge < -0.3 is 10.1 Å². The van der Waals surface area contributed by atoms with E-state index >= 15 is 0 Å². The van der Waals surface area contributed by atoms with Crippen LogP contribution in [-0.4, -0.2) is 27.7 Å². The summed E-state index contributed by atoms with van der Waals surface area (Å²) in [6.45, 7) is 4.14. The maximum absolute atomic E-state index is 12.0. The number of rotatable bonds is 4. The van der Waals surface area contributed by atoms with Gasteiger partial charge in [-0.2, -0.15) is 5.10 Å². The van der Waals surface area contributed by atoms with Crippen molar-refractivity contribution in [3.05, 3.63) is 35.8 Å². The van der Waals surface area contributed by atoms with E-state index in [1.54, 1.807) is 25.3 Å². The van der Waals surface area contributed by atoms with Gasteiger partial charge in [-0.15, -0.1) is 0 Å². The SMILES string of the molecule is CCOc1ncccc1NC(=O)c1cn[nH]c1C. The first-order chi connectivity index (χ1) is 8.72. The Labute approximate surface area is 104 Å². The van der Waals surface area contributed by atoms with Crippen LogP contribution in [0.25, 0.3) is 0 Å². The largest absolute Gasteiger partial charge is 0.476 e. The van der Waals surface area contributed by atoms with Crippen LogP contribution in [-0.2, 0) is 0 Å². The fourth-order valence-corrected chi connectivity index (χ4v) is 1.51. The third kappa shape index (κ3) is 2.48. The number of anilines is 1. The van der Waals surface area contributed by atoms with Crippen molar-refractivity contribution in [3.8, 4) is 5.88 Å². The number of aryl methyl sites for hydroxylation is 1. The van der Waals surface area contributed by atoms with Crippen LogP contribution in [0.15, 0.2) is 24.5 Å². The van der Waals surface area contributed by atoms with Crippen LogP contribution in [0.2, 0.25) is 0 Å². The molecule has 2 rings (SSSR count). The lowest BCUT2D eigenvalue weighted by Crippen LogP contribution is -2.13. The van der Waals surface area contributed by atoms with Crippen molar-refractivity contribution in [2.24, 2.45) is 0 Å². The van der Waals surface area contributed by atoms with Crippen LogP contribution < -0.4 is 10.1 Å². The Morgan fingerprint density at radius 1 is 1.56 bits per heavy atom. The summed E-state index contributed by atoms with van der Waals surface area (Å²) in [5.41, 5.74) is 1.76. The minimum atomic E-state index is -0.241. The number of carbonyl (C=O) groups excluding carboxylic acids is 1. The summed E-state index contributed by atoms with van der Waals surface area (Å²) in [6, 6.07) is 3.48. The van der Waals surface area contributed by atoms with Crippen LogP contribution in [0.5, 0.6) is 5.88 Å². The molecule has 2 aromatic rings. The molecular weight excluding hydrogens is 232 g/mol. The highest BCUT2D eigenvalue weighted by Crippen LogP contribution is 2.21. The molecule has 0 aliphatic carbocycles. The van der Waals surface area contributed by atoms with Crippen molar-refractivity contribution in [1.29, 1.82) is 0 Å². The van der Waals surface area contributed by atoms with E-state index < -0.39 is 0 Å². The number of aromatic nitrogens is 3. The number of carbonyl (C=O) groups is 1. The number of hydrogen-bond donors (Lipinski definition) is 2. The van der Waals surface area contributed by atoms with Crippen molar-refractivity contribution >= 4 is 11.6 Å². The molecular formula is C12H14N4O2. The minimum absolute atomic E-state index is 0.241. The average Bonchev–Trinajstić information content (AvgIpc) is 2.78. The summed E-state index contributed by atoms with van der Waals surface area (Å²) in [5.74, 6) is 0.171. The minimum Gasteiger partial charge on any atom is -0.476 e. The number of amides is 1. The normalized spacial score (nSPS) is 10.1. The lowest BCUT2D eigenvalue weighted by Gasteiger charge is -2.09.